The van der Waals surface area contributed by atoms with Gasteiger partial charge in [-0.05, 0) is 38.0 Å². The van der Waals surface area contributed by atoms with Crippen LogP contribution in [0.3, 0.4) is 0 Å². The van der Waals surface area contributed by atoms with Gasteiger partial charge in [-0.1, -0.05) is 23.8 Å². The van der Waals surface area contributed by atoms with Crippen LogP contribution in [0.1, 0.15) is 25.8 Å². The number of hydrogen-bond donors (Lipinski definition) is 1. The second-order valence-electron chi connectivity index (χ2n) is 5.63. The standard InChI is InChI=1S/C17H23FN2O/c1-3-13(2)11-19-16-10-17(21)20(12-16)9-8-14-4-6-15(18)7-5-14/h3-7,16,19H,8-12H2,1-2H3. The van der Waals surface area contributed by atoms with E-state index in [1.54, 1.807) is 12.1 Å². The SMILES string of the molecule is CC=C(C)CNC1CC(=O)N(CCc2ccc(F)cc2)C1. The lowest BCUT2D eigenvalue weighted by Crippen LogP contribution is -2.34. The molecule has 1 N–H and O–H groups in total. The van der Waals surface area contributed by atoms with Crippen LogP contribution < -0.4 is 5.32 Å². The number of nitrogens with zero attached hydrogens (tertiary/aromatic N) is 1. The second kappa shape index (κ2) is 7.36. The molecular weight excluding hydrogens is 267 g/mol. The summed E-state index contributed by atoms with van der Waals surface area (Å²) in [5, 5.41) is 3.42. The second-order valence-corrected chi connectivity index (χ2v) is 5.63. The van der Waals surface area contributed by atoms with Gasteiger partial charge < -0.3 is 10.2 Å². The molecule has 1 aromatic carbocycles. The van der Waals surface area contributed by atoms with Crippen LogP contribution in [-0.2, 0) is 11.2 Å². The highest BCUT2D eigenvalue weighted by atomic mass is 19.1. The van der Waals surface area contributed by atoms with Crippen molar-refractivity contribution in [2.75, 3.05) is 19.6 Å². The minimum Gasteiger partial charge on any atom is -0.341 e. The van der Waals surface area contributed by atoms with Gasteiger partial charge in [-0.25, -0.2) is 4.39 Å². The van der Waals surface area contributed by atoms with Crippen molar-refractivity contribution < 1.29 is 9.18 Å². The van der Waals surface area contributed by atoms with Crippen LogP contribution in [0.2, 0.25) is 0 Å². The number of amides is 1. The molecule has 0 bridgehead atoms. The van der Waals surface area contributed by atoms with Gasteiger partial charge in [-0.15, -0.1) is 0 Å². The molecular formula is C17H23FN2O. The van der Waals surface area contributed by atoms with E-state index in [4.69, 9.17) is 0 Å². The summed E-state index contributed by atoms with van der Waals surface area (Å²) in [5.74, 6) is -0.0210. The Morgan fingerprint density at radius 2 is 2.14 bits per heavy atom. The first kappa shape index (κ1) is 15.7. The van der Waals surface area contributed by atoms with Crippen molar-refractivity contribution in [2.24, 2.45) is 0 Å². The fraction of sp³-hybridized carbons (Fsp3) is 0.471. The smallest absolute Gasteiger partial charge is 0.224 e. The van der Waals surface area contributed by atoms with Gasteiger partial charge in [0.05, 0.1) is 0 Å². The number of nitrogens with one attached hydrogen (secondary N) is 1. The van der Waals surface area contributed by atoms with Gasteiger partial charge >= 0.3 is 0 Å². The fourth-order valence-corrected chi connectivity index (χ4v) is 2.45. The Bertz CT molecular complexity index is 510. The largest absolute Gasteiger partial charge is 0.341 e. The number of likely N-dealkylation sites (tertiary alicyclic amines) is 1. The van der Waals surface area contributed by atoms with E-state index in [1.807, 2.05) is 11.8 Å². The van der Waals surface area contributed by atoms with E-state index in [0.717, 1.165) is 25.1 Å². The zero-order chi connectivity index (χ0) is 15.2. The third-order valence-corrected chi connectivity index (χ3v) is 3.96. The third kappa shape index (κ3) is 4.67. The molecule has 0 saturated carbocycles. The van der Waals surface area contributed by atoms with Crippen molar-refractivity contribution in [3.05, 3.63) is 47.3 Å². The molecule has 21 heavy (non-hydrogen) atoms. The molecule has 0 spiro atoms. The number of rotatable bonds is 6. The van der Waals surface area contributed by atoms with Crippen LogP contribution in [0.25, 0.3) is 0 Å². The van der Waals surface area contributed by atoms with Gasteiger partial charge in [0.25, 0.3) is 0 Å². The van der Waals surface area contributed by atoms with Crippen LogP contribution >= 0.6 is 0 Å². The summed E-state index contributed by atoms with van der Waals surface area (Å²) in [6.07, 6.45) is 3.42. The Morgan fingerprint density at radius 1 is 1.43 bits per heavy atom. The number of hydrogen-bond acceptors (Lipinski definition) is 2. The highest BCUT2D eigenvalue weighted by Crippen LogP contribution is 2.13. The van der Waals surface area contributed by atoms with Gasteiger partial charge in [0.1, 0.15) is 5.82 Å². The minimum absolute atomic E-state index is 0.202. The topological polar surface area (TPSA) is 32.3 Å². The maximum atomic E-state index is 12.8. The molecule has 2 rings (SSSR count). The summed E-state index contributed by atoms with van der Waals surface area (Å²) in [7, 11) is 0. The van der Waals surface area contributed by atoms with E-state index in [2.05, 4.69) is 18.3 Å². The molecule has 1 saturated heterocycles. The Morgan fingerprint density at radius 3 is 2.81 bits per heavy atom. The number of carbonyl (C=O) groups excluding carboxylic acids is 1. The number of benzene rings is 1. The van der Waals surface area contributed by atoms with Crippen LogP contribution in [0.5, 0.6) is 0 Å². The maximum absolute atomic E-state index is 12.8. The quantitative estimate of drug-likeness (QED) is 0.817. The molecule has 1 unspecified atom stereocenters. The van der Waals surface area contributed by atoms with E-state index >= 15 is 0 Å². The van der Waals surface area contributed by atoms with Crippen molar-refractivity contribution in [3.63, 3.8) is 0 Å². The zero-order valence-corrected chi connectivity index (χ0v) is 12.7. The third-order valence-electron chi connectivity index (χ3n) is 3.96. The summed E-state index contributed by atoms with van der Waals surface area (Å²) >= 11 is 0. The molecule has 1 aromatic rings. The van der Waals surface area contributed by atoms with Crippen molar-refractivity contribution >= 4 is 5.91 Å². The van der Waals surface area contributed by atoms with Crippen molar-refractivity contribution in [1.29, 1.82) is 0 Å². The fourth-order valence-electron chi connectivity index (χ4n) is 2.45. The normalized spacial score (nSPS) is 19.4. The molecule has 4 heteroatoms. The predicted octanol–water partition coefficient (Wildman–Crippen LogP) is 2.52. The van der Waals surface area contributed by atoms with Gasteiger partial charge in [-0.3, -0.25) is 4.79 Å². The zero-order valence-electron chi connectivity index (χ0n) is 12.7. The summed E-state index contributed by atoms with van der Waals surface area (Å²) in [5.41, 5.74) is 2.34. The predicted molar refractivity (Wildman–Crippen MR) is 82.5 cm³/mol. The van der Waals surface area contributed by atoms with Crippen LogP contribution in [0.4, 0.5) is 4.39 Å². The minimum atomic E-state index is -0.223. The summed E-state index contributed by atoms with van der Waals surface area (Å²) in [4.78, 5) is 13.9. The summed E-state index contributed by atoms with van der Waals surface area (Å²) < 4.78 is 12.8. The molecule has 1 heterocycles. The Hall–Kier alpha value is -1.68. The highest BCUT2D eigenvalue weighted by Gasteiger charge is 2.28. The summed E-state index contributed by atoms with van der Waals surface area (Å²) in [6, 6.07) is 6.72. The molecule has 3 nitrogen and oxygen atoms in total. The van der Waals surface area contributed by atoms with Gasteiger partial charge in [-0.2, -0.15) is 0 Å². The van der Waals surface area contributed by atoms with Crippen molar-refractivity contribution in [2.45, 2.75) is 32.7 Å². The first-order valence-electron chi connectivity index (χ1n) is 7.46. The lowest BCUT2D eigenvalue weighted by Gasteiger charge is -2.17. The van der Waals surface area contributed by atoms with E-state index in [-0.39, 0.29) is 17.8 Å². The monoisotopic (exact) mass is 290 g/mol. The molecule has 1 aliphatic rings. The summed E-state index contributed by atoms with van der Waals surface area (Å²) in [6.45, 7) is 6.39. The lowest BCUT2D eigenvalue weighted by molar-refractivity contribution is -0.127. The van der Waals surface area contributed by atoms with Crippen LogP contribution in [0.15, 0.2) is 35.9 Å². The van der Waals surface area contributed by atoms with E-state index in [9.17, 15) is 9.18 Å². The van der Waals surface area contributed by atoms with Crippen molar-refractivity contribution in [1.82, 2.24) is 10.2 Å². The van der Waals surface area contributed by atoms with E-state index in [1.165, 1.54) is 17.7 Å². The molecule has 114 valence electrons. The van der Waals surface area contributed by atoms with Gasteiger partial charge in [0, 0.05) is 32.1 Å². The molecule has 0 aromatic heterocycles. The van der Waals surface area contributed by atoms with E-state index in [0.29, 0.717) is 13.0 Å². The highest BCUT2D eigenvalue weighted by molar-refractivity contribution is 5.79. The van der Waals surface area contributed by atoms with E-state index < -0.39 is 0 Å². The molecule has 0 radical (unpaired) electrons. The van der Waals surface area contributed by atoms with Gasteiger partial charge in [0.2, 0.25) is 5.91 Å². The van der Waals surface area contributed by atoms with Gasteiger partial charge in [0.15, 0.2) is 0 Å². The average molecular weight is 290 g/mol. The Balaban J connectivity index is 1.79. The molecule has 1 aliphatic heterocycles. The van der Waals surface area contributed by atoms with Crippen LogP contribution in [0, 0.1) is 5.82 Å². The Labute approximate surface area is 125 Å². The first-order valence-corrected chi connectivity index (χ1v) is 7.46. The lowest BCUT2D eigenvalue weighted by atomic mass is 10.1. The molecule has 1 fully saturated rings. The Kier molecular flexibility index (Phi) is 5.51. The van der Waals surface area contributed by atoms with Crippen molar-refractivity contribution in [3.8, 4) is 0 Å². The average Bonchev–Trinajstić information content (AvgIpc) is 2.84. The molecule has 0 aliphatic carbocycles. The first-order chi connectivity index (χ1) is 10.1. The number of carbonyl (C=O) groups is 1. The van der Waals surface area contributed by atoms with Crippen LogP contribution in [-0.4, -0.2) is 36.5 Å². The molecule has 1 atom stereocenters. The maximum Gasteiger partial charge on any atom is 0.224 e. The number of allylic oxidation sites excluding steroid dienone is 1. The number of halogens is 1. The molecule has 1 amide bonds.